The first-order valence-electron chi connectivity index (χ1n) is 5.44. The monoisotopic (exact) mass is 293 g/mol. The summed E-state index contributed by atoms with van der Waals surface area (Å²) < 4.78 is 0. The molecule has 0 aliphatic rings. The van der Waals surface area contributed by atoms with Crippen molar-refractivity contribution in [2.24, 2.45) is 0 Å². The van der Waals surface area contributed by atoms with Crippen molar-refractivity contribution in [1.29, 1.82) is 0 Å². The van der Waals surface area contributed by atoms with E-state index in [1.165, 1.54) is 0 Å². The van der Waals surface area contributed by atoms with Gasteiger partial charge in [0.05, 0.1) is 22.5 Å². The van der Waals surface area contributed by atoms with Gasteiger partial charge >= 0.3 is 0 Å². The number of hydrogen-bond acceptors (Lipinski definition) is 3. The Labute approximate surface area is 120 Å². The van der Waals surface area contributed by atoms with Crippen LogP contribution in [0.1, 0.15) is 20.7 Å². The molecule has 0 saturated heterocycles. The number of benzene rings is 2. The van der Waals surface area contributed by atoms with Gasteiger partial charge in [-0.15, -0.1) is 0 Å². The summed E-state index contributed by atoms with van der Waals surface area (Å²) in [4.78, 5) is 22.6. The second-order valence-electron chi connectivity index (χ2n) is 3.76. The molecule has 3 nitrogen and oxygen atoms in total. The minimum atomic E-state index is -0.571. The molecule has 5 heteroatoms. The van der Waals surface area contributed by atoms with Crippen LogP contribution in [-0.2, 0) is 0 Å². The zero-order valence-electron chi connectivity index (χ0n) is 9.69. The Bertz CT molecular complexity index is 585. The first-order chi connectivity index (χ1) is 9.09. The highest BCUT2D eigenvalue weighted by Crippen LogP contribution is 2.25. The molecule has 96 valence electrons. The van der Waals surface area contributed by atoms with Crippen LogP contribution >= 0.6 is 23.2 Å². The summed E-state index contributed by atoms with van der Waals surface area (Å²) in [5.41, 5.74) is 1.71. The molecular formula is C14H9Cl2NO2. The summed E-state index contributed by atoms with van der Waals surface area (Å²) in [7, 11) is 0. The van der Waals surface area contributed by atoms with Crippen molar-refractivity contribution >= 4 is 45.1 Å². The van der Waals surface area contributed by atoms with Crippen molar-refractivity contribution < 1.29 is 9.59 Å². The van der Waals surface area contributed by atoms with E-state index in [4.69, 9.17) is 23.2 Å². The molecular weight excluding hydrogens is 285 g/mol. The maximum absolute atomic E-state index is 11.3. The van der Waals surface area contributed by atoms with E-state index < -0.39 is 10.5 Å². The number of nitrogens with one attached hydrogen (secondary N) is 1. The number of rotatable bonds is 4. The highest BCUT2D eigenvalue weighted by Gasteiger charge is 2.12. The Balaban J connectivity index is 2.42. The number of hydrogen-bond donors (Lipinski definition) is 1. The number of carbonyl (C=O) groups excluding carboxylic acids is 2. The second-order valence-corrected chi connectivity index (χ2v) is 4.45. The molecule has 0 atom stereocenters. The molecule has 0 aliphatic heterocycles. The third-order valence-corrected chi connectivity index (χ3v) is 2.95. The Morgan fingerprint density at radius 2 is 1.11 bits per heavy atom. The maximum Gasteiger partial charge on any atom is 0.254 e. The number of para-hydroxylation sites is 2. The summed E-state index contributed by atoms with van der Waals surface area (Å²) in [6, 6.07) is 13.5. The summed E-state index contributed by atoms with van der Waals surface area (Å²) in [6.07, 6.45) is 0. The largest absolute Gasteiger partial charge is 0.354 e. The van der Waals surface area contributed by atoms with Crippen molar-refractivity contribution in [2.75, 3.05) is 5.32 Å². The van der Waals surface area contributed by atoms with Gasteiger partial charge in [-0.3, -0.25) is 9.59 Å². The highest BCUT2D eigenvalue weighted by molar-refractivity contribution is 6.68. The van der Waals surface area contributed by atoms with E-state index in [9.17, 15) is 9.59 Å². The van der Waals surface area contributed by atoms with Gasteiger partial charge < -0.3 is 5.32 Å². The van der Waals surface area contributed by atoms with Crippen LogP contribution in [0.25, 0.3) is 0 Å². The minimum Gasteiger partial charge on any atom is -0.354 e. The van der Waals surface area contributed by atoms with Crippen LogP contribution in [0.5, 0.6) is 0 Å². The van der Waals surface area contributed by atoms with Crippen molar-refractivity contribution in [2.45, 2.75) is 0 Å². The lowest BCUT2D eigenvalue weighted by atomic mass is 10.1. The van der Waals surface area contributed by atoms with Gasteiger partial charge in [-0.1, -0.05) is 24.3 Å². The van der Waals surface area contributed by atoms with Crippen LogP contribution in [0.3, 0.4) is 0 Å². The van der Waals surface area contributed by atoms with E-state index in [1.807, 2.05) is 0 Å². The highest BCUT2D eigenvalue weighted by atomic mass is 35.5. The fraction of sp³-hybridized carbons (Fsp3) is 0. The third-order valence-electron chi connectivity index (χ3n) is 2.55. The molecule has 0 fully saturated rings. The van der Waals surface area contributed by atoms with Gasteiger partial charge in [-0.25, -0.2) is 0 Å². The SMILES string of the molecule is O=C(Cl)c1ccccc1Nc1ccccc1C(=O)Cl. The quantitative estimate of drug-likeness (QED) is 0.860. The number of anilines is 2. The molecule has 0 saturated carbocycles. The molecule has 0 amide bonds. The molecule has 19 heavy (non-hydrogen) atoms. The normalized spacial score (nSPS) is 10.0. The Kier molecular flexibility index (Phi) is 4.20. The van der Waals surface area contributed by atoms with E-state index in [0.717, 1.165) is 0 Å². The molecule has 0 radical (unpaired) electrons. The Morgan fingerprint density at radius 1 is 0.737 bits per heavy atom. The van der Waals surface area contributed by atoms with Gasteiger partial charge in [0.25, 0.3) is 10.5 Å². The Morgan fingerprint density at radius 3 is 1.47 bits per heavy atom. The van der Waals surface area contributed by atoms with E-state index in [-0.39, 0.29) is 0 Å². The summed E-state index contributed by atoms with van der Waals surface area (Å²) in [5, 5.41) is 1.85. The van der Waals surface area contributed by atoms with Crippen molar-refractivity contribution in [1.82, 2.24) is 0 Å². The summed E-state index contributed by atoms with van der Waals surface area (Å²) in [6.45, 7) is 0. The van der Waals surface area contributed by atoms with Crippen LogP contribution < -0.4 is 5.32 Å². The third kappa shape index (κ3) is 3.13. The van der Waals surface area contributed by atoms with Gasteiger partial charge in [-0.2, -0.15) is 0 Å². The maximum atomic E-state index is 11.3. The van der Waals surface area contributed by atoms with Crippen LogP contribution in [0, 0.1) is 0 Å². The molecule has 1 N–H and O–H groups in total. The van der Waals surface area contributed by atoms with Crippen LogP contribution in [0.4, 0.5) is 11.4 Å². The average molecular weight is 294 g/mol. The number of carbonyl (C=O) groups is 2. The van der Waals surface area contributed by atoms with Crippen molar-refractivity contribution in [3.63, 3.8) is 0 Å². The van der Waals surface area contributed by atoms with Crippen LogP contribution in [0.15, 0.2) is 48.5 Å². The van der Waals surface area contributed by atoms with Crippen molar-refractivity contribution in [3.05, 3.63) is 59.7 Å². The van der Waals surface area contributed by atoms with Gasteiger partial charge in [0, 0.05) is 0 Å². The summed E-state index contributed by atoms with van der Waals surface area (Å²) in [5.74, 6) is 0. The van der Waals surface area contributed by atoms with Crippen molar-refractivity contribution in [3.8, 4) is 0 Å². The molecule has 0 bridgehead atoms. The van der Waals surface area contributed by atoms with Gasteiger partial charge in [0.2, 0.25) is 0 Å². The average Bonchev–Trinajstić information content (AvgIpc) is 2.39. The smallest absolute Gasteiger partial charge is 0.254 e. The molecule has 0 unspecified atom stereocenters. The van der Waals surface area contributed by atoms with Gasteiger partial charge in [0.15, 0.2) is 0 Å². The molecule has 0 spiro atoms. The van der Waals surface area contributed by atoms with Gasteiger partial charge in [0.1, 0.15) is 0 Å². The molecule has 0 aliphatic carbocycles. The topological polar surface area (TPSA) is 46.2 Å². The van der Waals surface area contributed by atoms with Crippen LogP contribution in [0.2, 0.25) is 0 Å². The lowest BCUT2D eigenvalue weighted by molar-refractivity contribution is 0.107. The molecule has 0 heterocycles. The predicted octanol–water partition coefficient (Wildman–Crippen LogP) is 4.19. The van der Waals surface area contributed by atoms with E-state index in [0.29, 0.717) is 22.5 Å². The van der Waals surface area contributed by atoms with E-state index >= 15 is 0 Å². The lowest BCUT2D eigenvalue weighted by Gasteiger charge is -2.11. The lowest BCUT2D eigenvalue weighted by Crippen LogP contribution is -2.02. The fourth-order valence-corrected chi connectivity index (χ4v) is 2.00. The molecule has 2 aromatic carbocycles. The summed E-state index contributed by atoms with van der Waals surface area (Å²) >= 11 is 11.0. The van der Waals surface area contributed by atoms with E-state index in [2.05, 4.69) is 5.32 Å². The first kappa shape index (κ1) is 13.6. The zero-order chi connectivity index (χ0) is 13.8. The Hall–Kier alpha value is -1.84. The molecule has 0 aromatic heterocycles. The first-order valence-corrected chi connectivity index (χ1v) is 6.20. The van der Waals surface area contributed by atoms with E-state index in [1.54, 1.807) is 48.5 Å². The second kappa shape index (κ2) is 5.87. The minimum absolute atomic E-state index is 0.334. The molecule has 2 rings (SSSR count). The van der Waals surface area contributed by atoms with Gasteiger partial charge in [-0.05, 0) is 47.5 Å². The molecule has 2 aromatic rings. The van der Waals surface area contributed by atoms with Crippen LogP contribution in [-0.4, -0.2) is 10.5 Å². The fourth-order valence-electron chi connectivity index (χ4n) is 1.67. The predicted molar refractivity (Wildman–Crippen MR) is 76.5 cm³/mol. The number of halogens is 2. The zero-order valence-corrected chi connectivity index (χ0v) is 11.2. The standard InChI is InChI=1S/C14H9Cl2NO2/c15-13(18)9-5-1-3-7-11(9)17-12-8-4-2-6-10(12)14(16)19/h1-8,17H.